The first-order valence-electron chi connectivity index (χ1n) is 31.0. The van der Waals surface area contributed by atoms with E-state index in [2.05, 4.69) is 180 Å². The summed E-state index contributed by atoms with van der Waals surface area (Å²) in [5.41, 5.74) is 16.1. The third kappa shape index (κ3) is 15.1. The quantitative estimate of drug-likeness (QED) is 0.0484. The summed E-state index contributed by atoms with van der Waals surface area (Å²) in [5, 5.41) is 0. The molecule has 11 nitrogen and oxygen atoms in total. The second-order valence-electron chi connectivity index (χ2n) is 22.1. The molecule has 0 fully saturated rings. The van der Waals surface area contributed by atoms with Crippen LogP contribution >= 0.6 is 11.8 Å². The monoisotopic (exact) mass is 1250 g/mol. The van der Waals surface area contributed by atoms with E-state index in [-0.39, 0.29) is 0 Å². The number of hydrogen-bond donors (Lipinski definition) is 0. The van der Waals surface area contributed by atoms with Crippen LogP contribution in [-0.4, -0.2) is 63.4 Å². The van der Waals surface area contributed by atoms with Gasteiger partial charge in [0.1, 0.15) is 46.0 Å². The molecule has 0 saturated carbocycles. The number of anilines is 4. The molecule has 470 valence electrons. The number of unbranched alkanes of at least 4 members (excludes halogenated alkanes) is 2. The van der Waals surface area contributed by atoms with Gasteiger partial charge in [-0.3, -0.25) is 0 Å². The van der Waals surface area contributed by atoms with Gasteiger partial charge >= 0.3 is 0 Å². The van der Waals surface area contributed by atoms with E-state index in [0.29, 0.717) is 0 Å². The van der Waals surface area contributed by atoms with Crippen molar-refractivity contribution >= 4 is 56.8 Å². The van der Waals surface area contributed by atoms with Gasteiger partial charge in [-0.1, -0.05) is 129 Å². The number of methoxy groups -OCH3 is 8. The molecule has 0 aliphatic carbocycles. The standard InChI is InChI=1S/C81H77N3O8S/c1-10-11-12-49-84-78-47-29-64(82(52-74(56-13-31-66(85-2)32-14-56)57-15-33-67(86-3)34-16-57)53-75(58-17-35-68(87-4)36-18-58)59-19-37-69(88-5)38-20-59)50-80(78)93-81-51-65(30-48-79(81)84)83(54-76(60-21-39-70(89-6)40-22-60)61-23-41-71(90-7)42-24-61)55-77(62-25-43-72(91-8)44-26-62)63-27-45-73(92-9)46-28-63/h13-48,50-55H,10-12,49H2,1-9H3. The van der Waals surface area contributed by atoms with Crippen molar-refractivity contribution in [2.24, 2.45) is 0 Å². The van der Waals surface area contributed by atoms with Gasteiger partial charge in [0.05, 0.1) is 68.3 Å². The highest BCUT2D eigenvalue weighted by Crippen LogP contribution is 2.51. The van der Waals surface area contributed by atoms with Crippen molar-refractivity contribution in [3.63, 3.8) is 0 Å². The van der Waals surface area contributed by atoms with Gasteiger partial charge in [-0.15, -0.1) is 0 Å². The van der Waals surface area contributed by atoms with Gasteiger partial charge in [0, 0.05) is 74.8 Å². The van der Waals surface area contributed by atoms with E-state index in [1.165, 1.54) is 0 Å². The maximum absolute atomic E-state index is 5.69. The van der Waals surface area contributed by atoms with Crippen LogP contribution < -0.4 is 52.6 Å². The molecule has 0 unspecified atom stereocenters. The van der Waals surface area contributed by atoms with E-state index in [1.807, 2.05) is 97.1 Å². The van der Waals surface area contributed by atoms with Crippen molar-refractivity contribution in [1.82, 2.24) is 0 Å². The van der Waals surface area contributed by atoms with Gasteiger partial charge < -0.3 is 52.6 Å². The Morgan fingerprint density at radius 1 is 0.301 bits per heavy atom. The third-order valence-electron chi connectivity index (χ3n) is 16.6. The minimum atomic E-state index is 0.768. The normalized spacial score (nSPS) is 11.2. The SMILES string of the molecule is CCCCCN1c2ccc(N(C=C(c3ccc(OC)cc3)c3ccc(OC)cc3)C=C(c3ccc(OC)cc3)c3ccc(OC)cc3)cc2Sc2cc(N(C=C(c3ccc(OC)cc3)c3ccc(OC)cc3)C=C(c3ccc(OC)cc3)c3ccc(OC)cc3)ccc21. The fraction of sp³-hybridized carbons (Fsp3) is 0.160. The predicted molar refractivity (Wildman–Crippen MR) is 381 cm³/mol. The van der Waals surface area contributed by atoms with E-state index in [4.69, 9.17) is 37.9 Å². The summed E-state index contributed by atoms with van der Waals surface area (Å²) in [4.78, 5) is 9.26. The second kappa shape index (κ2) is 30.4. The van der Waals surface area contributed by atoms with E-state index < -0.39 is 0 Å². The lowest BCUT2D eigenvalue weighted by Crippen LogP contribution is -2.22. The molecule has 12 heteroatoms. The minimum Gasteiger partial charge on any atom is -0.497 e. The molecule has 0 spiro atoms. The topological polar surface area (TPSA) is 83.6 Å². The molecule has 1 aliphatic heterocycles. The van der Waals surface area contributed by atoms with Gasteiger partial charge in [-0.05, 0) is 184 Å². The van der Waals surface area contributed by atoms with Crippen molar-refractivity contribution in [2.45, 2.75) is 36.0 Å². The number of ether oxygens (including phenoxy) is 8. The van der Waals surface area contributed by atoms with Crippen molar-refractivity contribution in [1.29, 1.82) is 0 Å². The summed E-state index contributed by atoms with van der Waals surface area (Å²) >= 11 is 1.78. The van der Waals surface area contributed by atoms with Crippen LogP contribution in [0.3, 0.4) is 0 Å². The maximum Gasteiger partial charge on any atom is 0.118 e. The van der Waals surface area contributed by atoms with Gasteiger partial charge in [0.2, 0.25) is 0 Å². The average Bonchev–Trinajstić information content (AvgIpc) is 0.785. The lowest BCUT2D eigenvalue weighted by molar-refractivity contribution is 0.414. The summed E-state index contributed by atoms with van der Waals surface area (Å²) in [5.74, 6) is 6.14. The Balaban J connectivity index is 1.13. The molecule has 1 aliphatic rings. The van der Waals surface area contributed by atoms with Crippen LogP contribution in [0.5, 0.6) is 46.0 Å². The lowest BCUT2D eigenvalue weighted by Gasteiger charge is -2.34. The molecule has 0 N–H and O–H groups in total. The fourth-order valence-electron chi connectivity index (χ4n) is 11.3. The Bertz CT molecular complexity index is 3560. The highest BCUT2D eigenvalue weighted by atomic mass is 32.2. The summed E-state index contributed by atoms with van der Waals surface area (Å²) < 4.78 is 45.5. The van der Waals surface area contributed by atoms with Crippen molar-refractivity contribution in [2.75, 3.05) is 78.1 Å². The van der Waals surface area contributed by atoms with Crippen LogP contribution in [0.25, 0.3) is 22.3 Å². The number of rotatable bonds is 26. The van der Waals surface area contributed by atoms with Crippen molar-refractivity contribution < 1.29 is 37.9 Å². The molecule has 1 heterocycles. The Morgan fingerprint density at radius 2 is 0.516 bits per heavy atom. The summed E-state index contributed by atoms with van der Waals surface area (Å²) in [6.45, 7) is 3.09. The van der Waals surface area contributed by atoms with E-state index in [1.54, 1.807) is 68.6 Å². The Morgan fingerprint density at radius 3 is 0.710 bits per heavy atom. The summed E-state index contributed by atoms with van der Waals surface area (Å²) in [6.07, 6.45) is 12.1. The lowest BCUT2D eigenvalue weighted by atomic mass is 9.97. The van der Waals surface area contributed by atoms with Crippen LogP contribution in [0.15, 0.2) is 265 Å². The van der Waals surface area contributed by atoms with Crippen molar-refractivity contribution in [3.05, 3.63) is 300 Å². The van der Waals surface area contributed by atoms with Crippen molar-refractivity contribution in [3.8, 4) is 46.0 Å². The zero-order chi connectivity index (χ0) is 64.6. The van der Waals surface area contributed by atoms with E-state index in [9.17, 15) is 0 Å². The van der Waals surface area contributed by atoms with Gasteiger partial charge in [-0.25, -0.2) is 0 Å². The molecule has 0 amide bonds. The second-order valence-corrected chi connectivity index (χ2v) is 23.2. The first-order chi connectivity index (χ1) is 45.6. The third-order valence-corrected chi connectivity index (χ3v) is 17.6. The number of fused-ring (bicyclic) bond motifs is 2. The zero-order valence-corrected chi connectivity index (χ0v) is 54.9. The zero-order valence-electron chi connectivity index (χ0n) is 54.1. The first kappa shape index (κ1) is 63.9. The van der Waals surface area contributed by atoms with Crippen LogP contribution in [0.4, 0.5) is 22.7 Å². The van der Waals surface area contributed by atoms with Gasteiger partial charge in [0.25, 0.3) is 0 Å². The fourth-order valence-corrected chi connectivity index (χ4v) is 12.5. The van der Waals surface area contributed by atoms with Crippen LogP contribution in [0, 0.1) is 0 Å². The molecule has 11 rings (SSSR count). The number of nitrogens with zero attached hydrogens (tertiary/aromatic N) is 3. The van der Waals surface area contributed by atoms with Crippen LogP contribution in [0.2, 0.25) is 0 Å². The maximum atomic E-state index is 5.69. The molecule has 0 saturated heterocycles. The van der Waals surface area contributed by atoms with Crippen LogP contribution in [-0.2, 0) is 0 Å². The molecule has 93 heavy (non-hydrogen) atoms. The van der Waals surface area contributed by atoms with E-state index in [0.717, 1.165) is 171 Å². The molecule has 10 aromatic carbocycles. The molecule has 10 aromatic rings. The minimum absolute atomic E-state index is 0.768. The summed E-state index contributed by atoms with van der Waals surface area (Å²) in [6, 6.07) is 79.6. The summed E-state index contributed by atoms with van der Waals surface area (Å²) in [7, 11) is 13.5. The predicted octanol–water partition coefficient (Wildman–Crippen LogP) is 19.5. The molecular formula is C81H77N3O8S. The first-order valence-corrected chi connectivity index (χ1v) is 31.8. The highest BCUT2D eigenvalue weighted by molar-refractivity contribution is 7.99. The molecular weight excluding hydrogens is 1170 g/mol. The Labute approximate surface area is 551 Å². The molecule has 0 bridgehead atoms. The number of hydrogen-bond acceptors (Lipinski definition) is 12. The van der Waals surface area contributed by atoms with E-state index >= 15 is 0 Å². The smallest absolute Gasteiger partial charge is 0.118 e. The van der Waals surface area contributed by atoms with Gasteiger partial charge in [0.15, 0.2) is 0 Å². The Hall–Kier alpha value is -10.7. The molecule has 0 radical (unpaired) electrons. The average molecular weight is 1250 g/mol. The molecule has 0 aromatic heterocycles. The van der Waals surface area contributed by atoms with Crippen LogP contribution in [0.1, 0.15) is 70.7 Å². The van der Waals surface area contributed by atoms with Gasteiger partial charge in [-0.2, -0.15) is 0 Å². The molecule has 0 atom stereocenters. The number of benzene rings is 10. The highest BCUT2D eigenvalue weighted by Gasteiger charge is 2.27. The Kier molecular flexibility index (Phi) is 20.9. The largest absolute Gasteiger partial charge is 0.497 e.